The molecule has 2 aromatic rings. The summed E-state index contributed by atoms with van der Waals surface area (Å²) in [6.07, 6.45) is 3.09. The fraction of sp³-hybridized carbons (Fsp3) is 0.529. The monoisotopic (exact) mass is 286 g/mol. The van der Waals surface area contributed by atoms with Gasteiger partial charge >= 0.3 is 0 Å². The van der Waals surface area contributed by atoms with Crippen molar-refractivity contribution in [2.45, 2.75) is 53.0 Å². The lowest BCUT2D eigenvalue weighted by Gasteiger charge is -2.16. The van der Waals surface area contributed by atoms with Crippen LogP contribution >= 0.6 is 0 Å². The molecule has 21 heavy (non-hydrogen) atoms. The van der Waals surface area contributed by atoms with Crippen molar-refractivity contribution in [2.75, 3.05) is 6.54 Å². The third-order valence-electron chi connectivity index (χ3n) is 3.85. The Hall–Kier alpha value is -1.68. The molecule has 0 aliphatic heterocycles. The van der Waals surface area contributed by atoms with Gasteiger partial charge in [0.1, 0.15) is 5.69 Å². The summed E-state index contributed by atoms with van der Waals surface area (Å²) in [5, 5.41) is 12.5. The Labute approximate surface area is 127 Å². The normalized spacial score (nSPS) is 12.6. The predicted octanol–water partition coefficient (Wildman–Crippen LogP) is 3.59. The summed E-state index contributed by atoms with van der Waals surface area (Å²) in [6, 6.07) is 8.61. The zero-order valence-electron chi connectivity index (χ0n) is 13.6. The Kier molecular flexibility index (Phi) is 5.51. The molecule has 1 aromatic heterocycles. The number of benzene rings is 1. The van der Waals surface area contributed by atoms with Crippen LogP contribution in [0.2, 0.25) is 0 Å². The van der Waals surface area contributed by atoms with Gasteiger partial charge in [-0.05, 0) is 44.4 Å². The molecule has 0 saturated heterocycles. The molecule has 4 nitrogen and oxygen atoms in total. The van der Waals surface area contributed by atoms with E-state index < -0.39 is 0 Å². The standard InChI is InChI=1S/C17H26N4/c1-5-12-18-14(6-2)17-15(7-3)21(20-19-17)16-11-9-8-10-13(16)4/h8-11,14,18H,5-7,12H2,1-4H3. The first-order valence-electron chi connectivity index (χ1n) is 7.96. The Morgan fingerprint density at radius 2 is 1.95 bits per heavy atom. The maximum Gasteiger partial charge on any atom is 0.103 e. The lowest BCUT2D eigenvalue weighted by molar-refractivity contribution is 0.503. The van der Waals surface area contributed by atoms with Crippen molar-refractivity contribution < 1.29 is 0 Å². The second kappa shape index (κ2) is 7.36. The highest BCUT2D eigenvalue weighted by Crippen LogP contribution is 2.23. The van der Waals surface area contributed by atoms with E-state index in [0.717, 1.165) is 37.2 Å². The fourth-order valence-electron chi connectivity index (χ4n) is 2.66. The summed E-state index contributed by atoms with van der Waals surface area (Å²) >= 11 is 0. The van der Waals surface area contributed by atoms with Crippen molar-refractivity contribution in [3.8, 4) is 5.69 Å². The fourth-order valence-corrected chi connectivity index (χ4v) is 2.66. The largest absolute Gasteiger partial charge is 0.309 e. The maximum absolute atomic E-state index is 4.48. The van der Waals surface area contributed by atoms with E-state index in [1.54, 1.807) is 0 Å². The quantitative estimate of drug-likeness (QED) is 0.846. The van der Waals surface area contributed by atoms with Crippen molar-refractivity contribution in [3.05, 3.63) is 41.2 Å². The zero-order valence-corrected chi connectivity index (χ0v) is 13.6. The third-order valence-corrected chi connectivity index (χ3v) is 3.85. The van der Waals surface area contributed by atoms with Gasteiger partial charge in [0, 0.05) is 0 Å². The average Bonchev–Trinajstić information content (AvgIpc) is 2.92. The van der Waals surface area contributed by atoms with Crippen molar-refractivity contribution in [1.82, 2.24) is 20.3 Å². The number of hydrogen-bond donors (Lipinski definition) is 1. The highest BCUT2D eigenvalue weighted by atomic mass is 15.4. The van der Waals surface area contributed by atoms with Gasteiger partial charge in [0.15, 0.2) is 0 Å². The molecule has 114 valence electrons. The first-order valence-corrected chi connectivity index (χ1v) is 7.96. The molecule has 0 amide bonds. The molecule has 1 N–H and O–H groups in total. The van der Waals surface area contributed by atoms with Gasteiger partial charge in [-0.25, -0.2) is 4.68 Å². The minimum absolute atomic E-state index is 0.290. The van der Waals surface area contributed by atoms with Gasteiger partial charge in [0.25, 0.3) is 0 Å². The van der Waals surface area contributed by atoms with E-state index in [1.165, 1.54) is 11.3 Å². The van der Waals surface area contributed by atoms with Gasteiger partial charge in [0.2, 0.25) is 0 Å². The molecule has 0 bridgehead atoms. The summed E-state index contributed by atoms with van der Waals surface area (Å²) in [5.41, 5.74) is 4.65. The topological polar surface area (TPSA) is 42.7 Å². The van der Waals surface area contributed by atoms with Crippen LogP contribution in [0.4, 0.5) is 0 Å². The van der Waals surface area contributed by atoms with E-state index in [1.807, 2.05) is 4.68 Å². The van der Waals surface area contributed by atoms with Gasteiger partial charge in [0.05, 0.1) is 17.4 Å². The Balaban J connectivity index is 2.40. The van der Waals surface area contributed by atoms with Gasteiger partial charge in [-0.3, -0.25) is 0 Å². The van der Waals surface area contributed by atoms with Crippen LogP contribution in [0.25, 0.3) is 5.69 Å². The zero-order chi connectivity index (χ0) is 15.2. The molecule has 0 saturated carbocycles. The van der Waals surface area contributed by atoms with Crippen LogP contribution in [-0.4, -0.2) is 21.5 Å². The molecule has 1 heterocycles. The molecule has 0 fully saturated rings. The molecular formula is C17H26N4. The summed E-state index contributed by atoms with van der Waals surface area (Å²) in [4.78, 5) is 0. The van der Waals surface area contributed by atoms with Crippen LogP contribution in [-0.2, 0) is 6.42 Å². The van der Waals surface area contributed by atoms with Crippen LogP contribution in [0.15, 0.2) is 24.3 Å². The SMILES string of the molecule is CCCNC(CC)c1nnn(-c2ccccc2C)c1CC. The number of nitrogens with one attached hydrogen (secondary N) is 1. The first-order chi connectivity index (χ1) is 10.2. The van der Waals surface area contributed by atoms with E-state index in [2.05, 4.69) is 67.6 Å². The van der Waals surface area contributed by atoms with Gasteiger partial charge in [-0.15, -0.1) is 5.10 Å². The molecule has 2 rings (SSSR count). The summed E-state index contributed by atoms with van der Waals surface area (Å²) in [7, 11) is 0. The molecule has 1 atom stereocenters. The minimum atomic E-state index is 0.290. The van der Waals surface area contributed by atoms with Crippen LogP contribution in [0.5, 0.6) is 0 Å². The molecular weight excluding hydrogens is 260 g/mol. The van der Waals surface area contributed by atoms with Gasteiger partial charge in [-0.2, -0.15) is 0 Å². The first kappa shape index (κ1) is 15.7. The van der Waals surface area contributed by atoms with Crippen LogP contribution in [0.3, 0.4) is 0 Å². The number of aryl methyl sites for hydroxylation is 1. The second-order valence-electron chi connectivity index (χ2n) is 5.39. The van der Waals surface area contributed by atoms with Crippen LogP contribution in [0, 0.1) is 6.92 Å². The second-order valence-corrected chi connectivity index (χ2v) is 5.39. The Morgan fingerprint density at radius 3 is 2.57 bits per heavy atom. The number of rotatable bonds is 7. The summed E-state index contributed by atoms with van der Waals surface area (Å²) < 4.78 is 2.00. The van der Waals surface area contributed by atoms with E-state index in [0.29, 0.717) is 0 Å². The molecule has 0 aliphatic carbocycles. The van der Waals surface area contributed by atoms with Crippen molar-refractivity contribution in [3.63, 3.8) is 0 Å². The molecule has 4 heteroatoms. The van der Waals surface area contributed by atoms with E-state index in [9.17, 15) is 0 Å². The number of nitrogens with zero attached hydrogens (tertiary/aromatic N) is 3. The number of para-hydroxylation sites is 1. The highest BCUT2D eigenvalue weighted by molar-refractivity contribution is 5.41. The van der Waals surface area contributed by atoms with Gasteiger partial charge in [-0.1, -0.05) is 44.2 Å². The van der Waals surface area contributed by atoms with E-state index in [-0.39, 0.29) is 6.04 Å². The summed E-state index contributed by atoms with van der Waals surface area (Å²) in [5.74, 6) is 0. The van der Waals surface area contributed by atoms with Gasteiger partial charge < -0.3 is 5.32 Å². The average molecular weight is 286 g/mol. The van der Waals surface area contributed by atoms with E-state index in [4.69, 9.17) is 0 Å². The minimum Gasteiger partial charge on any atom is -0.309 e. The third kappa shape index (κ3) is 3.32. The Bertz CT molecular complexity index is 574. The highest BCUT2D eigenvalue weighted by Gasteiger charge is 2.20. The molecule has 1 aromatic carbocycles. The van der Waals surface area contributed by atoms with Crippen LogP contribution in [0.1, 0.15) is 56.6 Å². The van der Waals surface area contributed by atoms with Crippen molar-refractivity contribution in [1.29, 1.82) is 0 Å². The summed E-state index contributed by atoms with van der Waals surface area (Å²) in [6.45, 7) is 9.68. The molecule has 1 unspecified atom stereocenters. The molecule has 0 aliphatic rings. The maximum atomic E-state index is 4.48. The molecule has 0 radical (unpaired) electrons. The number of hydrogen-bond acceptors (Lipinski definition) is 3. The predicted molar refractivity (Wildman–Crippen MR) is 86.8 cm³/mol. The lowest BCUT2D eigenvalue weighted by Crippen LogP contribution is -2.23. The van der Waals surface area contributed by atoms with Crippen LogP contribution < -0.4 is 5.32 Å². The van der Waals surface area contributed by atoms with Crippen molar-refractivity contribution in [2.24, 2.45) is 0 Å². The Morgan fingerprint density at radius 1 is 1.19 bits per heavy atom. The molecule has 0 spiro atoms. The smallest absolute Gasteiger partial charge is 0.103 e. The van der Waals surface area contributed by atoms with E-state index >= 15 is 0 Å². The number of aromatic nitrogens is 3. The van der Waals surface area contributed by atoms with Crippen molar-refractivity contribution >= 4 is 0 Å². The lowest BCUT2D eigenvalue weighted by atomic mass is 10.1.